The van der Waals surface area contributed by atoms with E-state index < -0.39 is 11.9 Å². The second-order valence-corrected chi connectivity index (χ2v) is 17.2. The summed E-state index contributed by atoms with van der Waals surface area (Å²) in [6, 6.07) is 14.1. The summed E-state index contributed by atoms with van der Waals surface area (Å²) in [5.41, 5.74) is 1.37. The number of imide groups is 1. The van der Waals surface area contributed by atoms with E-state index >= 15 is 8.78 Å². The number of anilines is 2. The van der Waals surface area contributed by atoms with Crippen LogP contribution in [0.1, 0.15) is 80.9 Å². The molecule has 2 amide bonds. The number of carbonyl (C=O) groups excluding carboxylic acids is 2. The van der Waals surface area contributed by atoms with Gasteiger partial charge in [0.05, 0.1) is 47.8 Å². The number of carbonyl (C=O) groups is 2. The summed E-state index contributed by atoms with van der Waals surface area (Å²) in [5.74, 6) is -1.66. The predicted molar refractivity (Wildman–Crippen MR) is 222 cm³/mol. The molecule has 4 aliphatic rings. The second-order valence-electron chi connectivity index (χ2n) is 16.2. The van der Waals surface area contributed by atoms with Crippen LogP contribution in [0.15, 0.2) is 59.7 Å². The molecule has 1 saturated carbocycles. The highest BCUT2D eigenvalue weighted by Crippen LogP contribution is 2.43. The van der Waals surface area contributed by atoms with E-state index in [1.165, 1.54) is 24.3 Å². The largest absolute Gasteiger partial charge is 0.453 e. The maximum Gasteiger partial charge on any atom is 0.261 e. The molecule has 4 aromatic rings. The van der Waals surface area contributed by atoms with Gasteiger partial charge in [-0.1, -0.05) is 6.07 Å². The first-order valence-corrected chi connectivity index (χ1v) is 21.2. The molecule has 0 radical (unpaired) electrons. The molecule has 1 spiro atoms. The Morgan fingerprint density at radius 1 is 1.05 bits per heavy atom. The van der Waals surface area contributed by atoms with Gasteiger partial charge in [0.2, 0.25) is 11.8 Å². The summed E-state index contributed by atoms with van der Waals surface area (Å²) >= 11 is 1.14. The van der Waals surface area contributed by atoms with Gasteiger partial charge in [-0.2, -0.15) is 5.26 Å². The van der Waals surface area contributed by atoms with Crippen molar-refractivity contribution in [3.05, 3.63) is 88.0 Å². The zero-order valence-electron chi connectivity index (χ0n) is 33.3. The number of nitriles is 1. The van der Waals surface area contributed by atoms with E-state index in [2.05, 4.69) is 25.2 Å². The molecule has 2 atom stereocenters. The maximum atomic E-state index is 15.4. The number of aliphatic hydroxyl groups excluding tert-OH is 1. The highest BCUT2D eigenvalue weighted by atomic mass is 32.2. The van der Waals surface area contributed by atoms with Crippen LogP contribution >= 0.6 is 12.1 Å². The molecule has 3 aromatic carbocycles. The number of hydrogen-bond donors (Lipinski definition) is 4. The number of benzene rings is 3. The van der Waals surface area contributed by atoms with Gasteiger partial charge in [0.1, 0.15) is 29.2 Å². The number of hydrogen-bond acceptors (Lipinski definition) is 13. The molecule has 316 valence electrons. The zero-order valence-corrected chi connectivity index (χ0v) is 34.1. The minimum Gasteiger partial charge on any atom is -0.453 e. The third-order valence-electron chi connectivity index (χ3n) is 12.4. The molecular weight excluding hydrogens is 795 g/mol. The average Bonchev–Trinajstić information content (AvgIpc) is 3.65. The lowest BCUT2D eigenvalue weighted by atomic mass is 9.79. The number of aromatic nitrogens is 2. The minimum atomic E-state index is -0.734. The zero-order chi connectivity index (χ0) is 42.0. The van der Waals surface area contributed by atoms with E-state index in [1.54, 1.807) is 34.4 Å². The highest BCUT2D eigenvalue weighted by molar-refractivity contribution is 7.98. The molecule has 4 N–H and O–H groups in total. The number of likely N-dealkylation sites (tertiary alicyclic amines) is 1. The number of piperidine rings is 2. The van der Waals surface area contributed by atoms with E-state index in [0.717, 1.165) is 63.7 Å². The Bertz CT molecular complexity index is 2360. The minimum absolute atomic E-state index is 0.0451. The van der Waals surface area contributed by atoms with Gasteiger partial charge in [-0.15, -0.1) is 0 Å². The van der Waals surface area contributed by atoms with Gasteiger partial charge in [0.25, 0.3) is 5.56 Å². The van der Waals surface area contributed by atoms with Gasteiger partial charge in [-0.25, -0.2) is 18.1 Å². The number of nitrogens with one attached hydrogen (secondary N) is 3. The van der Waals surface area contributed by atoms with Crippen LogP contribution in [0.5, 0.6) is 11.5 Å². The van der Waals surface area contributed by atoms with Crippen molar-refractivity contribution in [3.63, 3.8) is 0 Å². The first-order chi connectivity index (χ1) is 29.0. The van der Waals surface area contributed by atoms with Gasteiger partial charge in [-0.3, -0.25) is 24.3 Å². The Labute approximate surface area is 350 Å². The first kappa shape index (κ1) is 41.6. The number of amides is 2. The molecule has 3 saturated heterocycles. The Balaban J connectivity index is 0.865. The molecule has 1 aliphatic carbocycles. The van der Waals surface area contributed by atoms with Gasteiger partial charge in [0, 0.05) is 49.9 Å². The average molecular weight is 843 g/mol. The third kappa shape index (κ3) is 8.84. The van der Waals surface area contributed by atoms with Crippen molar-refractivity contribution in [2.45, 2.75) is 87.4 Å². The lowest BCUT2D eigenvalue weighted by molar-refractivity contribution is -0.133. The van der Waals surface area contributed by atoms with Gasteiger partial charge in [-0.05, 0) is 112 Å². The van der Waals surface area contributed by atoms with Crippen molar-refractivity contribution in [2.24, 2.45) is 0 Å². The van der Waals surface area contributed by atoms with E-state index in [0.29, 0.717) is 59.9 Å². The number of aliphatic hydroxyl groups is 1. The summed E-state index contributed by atoms with van der Waals surface area (Å²) in [5, 5.41) is 24.8. The molecule has 1 aromatic heterocycles. The number of nitrogens with zero attached hydrogens (tertiary/aromatic N) is 5. The normalized spacial score (nSPS) is 23.1. The fourth-order valence-corrected chi connectivity index (χ4v) is 9.70. The van der Waals surface area contributed by atoms with Gasteiger partial charge in [0.15, 0.2) is 11.6 Å². The predicted octanol–water partition coefficient (Wildman–Crippen LogP) is 5.98. The fraction of sp³-hybridized carbons (Fsp3) is 0.465. The summed E-state index contributed by atoms with van der Waals surface area (Å²) in [6.45, 7) is 2.45. The summed E-state index contributed by atoms with van der Waals surface area (Å²) in [7, 11) is 1.76. The molecule has 0 bridgehead atoms. The molecule has 60 heavy (non-hydrogen) atoms. The molecule has 3 aliphatic heterocycles. The van der Waals surface area contributed by atoms with E-state index in [4.69, 9.17) is 9.47 Å². The highest BCUT2D eigenvalue weighted by Gasteiger charge is 2.45. The Kier molecular flexibility index (Phi) is 12.4. The van der Waals surface area contributed by atoms with Crippen molar-refractivity contribution in [1.29, 1.82) is 5.26 Å². The van der Waals surface area contributed by atoms with E-state index in [1.807, 2.05) is 18.2 Å². The van der Waals surface area contributed by atoms with Crippen LogP contribution < -0.4 is 25.7 Å². The number of fused-ring (bicyclic) bond motifs is 1. The summed E-state index contributed by atoms with van der Waals surface area (Å²) in [4.78, 5) is 44.7. The van der Waals surface area contributed by atoms with Crippen LogP contribution in [0, 0.1) is 23.0 Å². The first-order valence-electron chi connectivity index (χ1n) is 20.5. The number of ether oxygens (including phenoxy) is 2. The quantitative estimate of drug-likeness (QED) is 0.0971. The van der Waals surface area contributed by atoms with Crippen molar-refractivity contribution in [1.82, 2.24) is 24.1 Å². The topological polar surface area (TPSA) is 174 Å². The van der Waals surface area contributed by atoms with Crippen LogP contribution in [-0.2, 0) is 14.3 Å². The van der Waals surface area contributed by atoms with Crippen LogP contribution in [0.4, 0.5) is 20.2 Å². The molecule has 17 heteroatoms. The lowest BCUT2D eigenvalue weighted by Gasteiger charge is -2.44. The monoisotopic (exact) mass is 842 g/mol. The molecular formula is C43H48F2N8O6S. The van der Waals surface area contributed by atoms with Gasteiger partial charge < -0.3 is 29.5 Å². The molecule has 4 heterocycles. The fourth-order valence-electron chi connectivity index (χ4n) is 9.10. The van der Waals surface area contributed by atoms with Crippen LogP contribution in [0.25, 0.3) is 10.9 Å². The van der Waals surface area contributed by atoms with Crippen molar-refractivity contribution >= 4 is 46.2 Å². The van der Waals surface area contributed by atoms with Crippen molar-refractivity contribution < 1.29 is 33.0 Å². The number of likely N-dealkylation sites (N-methyl/N-ethyl adjacent to an activating group) is 1. The SMILES string of the molecule is CN(CCO)SNc1ccc(F)c(Oc2ccc3ncn(C4COC5(CCN(C6CCC(c7ccc(NC8CCC(=O)NC8=O)cc7F)CC6)CC5)C4)c(=O)c3c2)c1C#N. The van der Waals surface area contributed by atoms with Crippen LogP contribution in [0.3, 0.4) is 0 Å². The Morgan fingerprint density at radius 2 is 1.85 bits per heavy atom. The third-order valence-corrected chi connectivity index (χ3v) is 13.3. The van der Waals surface area contributed by atoms with Crippen LogP contribution in [0.2, 0.25) is 0 Å². The lowest BCUT2D eigenvalue weighted by Crippen LogP contribution is -2.49. The Morgan fingerprint density at radius 3 is 2.58 bits per heavy atom. The number of rotatable bonds is 12. The summed E-state index contributed by atoms with van der Waals surface area (Å²) in [6.07, 6.45) is 8.24. The molecule has 14 nitrogen and oxygen atoms in total. The van der Waals surface area contributed by atoms with Crippen LogP contribution in [-0.4, -0.2) is 93.3 Å². The molecule has 8 rings (SSSR count). The smallest absolute Gasteiger partial charge is 0.261 e. The van der Waals surface area contributed by atoms with E-state index in [-0.39, 0.29) is 70.8 Å². The summed E-state index contributed by atoms with van der Waals surface area (Å²) < 4.78 is 49.2. The van der Waals surface area contributed by atoms with Crippen molar-refractivity contribution in [2.75, 3.05) is 49.9 Å². The second kappa shape index (κ2) is 17.8. The Hall–Kier alpha value is -5.12. The molecule has 4 fully saturated rings. The van der Waals surface area contributed by atoms with Gasteiger partial charge >= 0.3 is 0 Å². The maximum absolute atomic E-state index is 15.4. The number of halogens is 2. The van der Waals surface area contributed by atoms with Crippen molar-refractivity contribution in [3.8, 4) is 17.6 Å². The molecule has 2 unspecified atom stereocenters. The standard InChI is InChI=1S/C43H48F2N8O6S/c1-51(18-19-54)60-50-37-11-9-34(44)40(33(37)23-46)59-30-7-10-36-32(21-30)42(57)53(25-47-36)29-22-43(58-24-29)14-16-52(17-15-43)28-5-2-26(3-6-28)31-8-4-27(20-35(31)45)48-38-12-13-39(55)49-41(38)56/h4,7-11,20-21,25-26,28-29,38,48,50,54H,2-3,5-6,12-19,22,24H2,1H3,(H,49,55,56). The van der Waals surface area contributed by atoms with E-state index in [9.17, 15) is 24.8 Å².